The Morgan fingerprint density at radius 1 is 1.18 bits per heavy atom. The number of esters is 1. The fourth-order valence-corrected chi connectivity index (χ4v) is 2.54. The maximum atomic E-state index is 12.4. The van der Waals surface area contributed by atoms with Gasteiger partial charge in [-0.1, -0.05) is 60.7 Å². The second-order valence-electron chi connectivity index (χ2n) is 5.18. The normalized spacial score (nSPS) is 23.1. The Morgan fingerprint density at radius 2 is 1.82 bits per heavy atom. The van der Waals surface area contributed by atoms with Gasteiger partial charge in [-0.25, -0.2) is 4.79 Å². The van der Waals surface area contributed by atoms with E-state index in [2.05, 4.69) is 0 Å². The van der Waals surface area contributed by atoms with Crippen molar-refractivity contribution in [1.82, 2.24) is 0 Å². The zero-order valence-electron chi connectivity index (χ0n) is 11.9. The number of carbonyl (C=O) groups excluding carboxylic acids is 1. The van der Waals surface area contributed by atoms with E-state index in [-0.39, 0.29) is 12.5 Å². The molecule has 2 aromatic carbocycles. The number of carbonyl (C=O) groups is 1. The Balaban J connectivity index is 1.73. The third-order valence-corrected chi connectivity index (χ3v) is 3.85. The molecular weight excluding hydrogens is 278 g/mol. The van der Waals surface area contributed by atoms with Gasteiger partial charge in [-0.2, -0.15) is 5.26 Å². The van der Waals surface area contributed by atoms with Crippen LogP contribution in [0.25, 0.3) is 0 Å². The van der Waals surface area contributed by atoms with Gasteiger partial charge < -0.3 is 9.47 Å². The first-order chi connectivity index (χ1) is 10.8. The number of ether oxygens (including phenoxy) is 2. The highest BCUT2D eigenvalue weighted by molar-refractivity contribution is 5.86. The highest BCUT2D eigenvalue weighted by atomic mass is 16.6. The molecule has 22 heavy (non-hydrogen) atoms. The lowest BCUT2D eigenvalue weighted by atomic mass is 9.78. The summed E-state index contributed by atoms with van der Waals surface area (Å²) in [6.45, 7) is 0.478. The van der Waals surface area contributed by atoms with Crippen LogP contribution in [0.4, 0.5) is 0 Å². The molecule has 0 N–H and O–H groups in total. The molecule has 3 rings (SSSR count). The van der Waals surface area contributed by atoms with Crippen LogP contribution in [0, 0.1) is 11.3 Å². The molecule has 0 radical (unpaired) electrons. The maximum Gasteiger partial charge on any atom is 0.354 e. The average molecular weight is 293 g/mol. The van der Waals surface area contributed by atoms with Gasteiger partial charge >= 0.3 is 5.97 Å². The van der Waals surface area contributed by atoms with Crippen molar-refractivity contribution in [3.8, 4) is 6.07 Å². The van der Waals surface area contributed by atoms with Crippen molar-refractivity contribution in [2.45, 2.75) is 18.1 Å². The molecule has 2 aromatic rings. The van der Waals surface area contributed by atoms with Gasteiger partial charge in [0.2, 0.25) is 0 Å². The Hall–Kier alpha value is -2.64. The number of hydrogen-bond acceptors (Lipinski definition) is 4. The molecule has 1 aliphatic rings. The predicted octanol–water partition coefficient (Wildman–Crippen LogP) is 2.81. The summed E-state index contributed by atoms with van der Waals surface area (Å²) in [4.78, 5) is 12.4. The maximum absolute atomic E-state index is 12.4. The van der Waals surface area contributed by atoms with Gasteiger partial charge in [-0.05, 0) is 11.1 Å². The Labute approximate surface area is 128 Å². The van der Waals surface area contributed by atoms with Crippen molar-refractivity contribution in [2.24, 2.45) is 0 Å². The molecule has 1 fully saturated rings. The van der Waals surface area contributed by atoms with Crippen LogP contribution in [-0.4, -0.2) is 18.2 Å². The van der Waals surface area contributed by atoms with E-state index in [1.165, 1.54) is 0 Å². The largest absolute Gasteiger partial charge is 0.458 e. The van der Waals surface area contributed by atoms with Crippen molar-refractivity contribution < 1.29 is 14.3 Å². The Kier molecular flexibility index (Phi) is 3.90. The number of benzene rings is 2. The highest BCUT2D eigenvalue weighted by Gasteiger charge is 2.57. The molecule has 1 unspecified atom stereocenters. The van der Waals surface area contributed by atoms with Crippen molar-refractivity contribution in [3.63, 3.8) is 0 Å². The second kappa shape index (κ2) is 6.00. The van der Waals surface area contributed by atoms with E-state index in [9.17, 15) is 10.1 Å². The van der Waals surface area contributed by atoms with Gasteiger partial charge in [-0.15, -0.1) is 0 Å². The minimum Gasteiger partial charge on any atom is -0.458 e. The lowest BCUT2D eigenvalue weighted by molar-refractivity contribution is -0.194. The molecule has 110 valence electrons. The van der Waals surface area contributed by atoms with Crippen LogP contribution in [0.15, 0.2) is 60.7 Å². The van der Waals surface area contributed by atoms with Crippen LogP contribution < -0.4 is 0 Å². The van der Waals surface area contributed by atoms with Gasteiger partial charge in [0.05, 0.1) is 12.5 Å². The number of nitriles is 1. The van der Waals surface area contributed by atoms with Crippen molar-refractivity contribution in [2.75, 3.05) is 6.61 Å². The molecule has 4 nitrogen and oxygen atoms in total. The van der Waals surface area contributed by atoms with Crippen LogP contribution in [0.2, 0.25) is 0 Å². The fourth-order valence-electron chi connectivity index (χ4n) is 2.54. The molecule has 1 heterocycles. The number of nitrogens with zero attached hydrogens (tertiary/aromatic N) is 1. The number of hydrogen-bond donors (Lipinski definition) is 0. The molecule has 2 atom stereocenters. The van der Waals surface area contributed by atoms with E-state index in [1.807, 2.05) is 66.7 Å². The minimum atomic E-state index is -1.53. The van der Waals surface area contributed by atoms with Crippen molar-refractivity contribution >= 4 is 5.97 Å². The van der Waals surface area contributed by atoms with Gasteiger partial charge in [-0.3, -0.25) is 0 Å². The Bertz CT molecular complexity index is 693. The summed E-state index contributed by atoms with van der Waals surface area (Å²) in [6.07, 6.45) is 0. The molecule has 1 saturated heterocycles. The zero-order chi connectivity index (χ0) is 15.4. The smallest absolute Gasteiger partial charge is 0.354 e. The molecular formula is C18H15NO3. The molecule has 0 bridgehead atoms. The molecule has 0 amide bonds. The SMILES string of the molecule is N#C[C@@]1(C(=O)OCc2ccccc2)OCC1c1ccccc1. The first-order valence-corrected chi connectivity index (χ1v) is 7.07. The van der Waals surface area contributed by atoms with E-state index in [0.717, 1.165) is 11.1 Å². The van der Waals surface area contributed by atoms with Gasteiger partial charge in [0.15, 0.2) is 0 Å². The molecule has 0 spiro atoms. The van der Waals surface area contributed by atoms with E-state index in [1.54, 1.807) is 0 Å². The fraction of sp³-hybridized carbons (Fsp3) is 0.222. The van der Waals surface area contributed by atoms with E-state index >= 15 is 0 Å². The van der Waals surface area contributed by atoms with Crippen molar-refractivity contribution in [1.29, 1.82) is 5.26 Å². The summed E-state index contributed by atoms with van der Waals surface area (Å²) < 4.78 is 10.6. The van der Waals surface area contributed by atoms with Crippen LogP contribution in [0.5, 0.6) is 0 Å². The molecule has 0 aliphatic carbocycles. The minimum absolute atomic E-state index is 0.133. The number of rotatable bonds is 4. The quantitative estimate of drug-likeness (QED) is 0.813. The monoisotopic (exact) mass is 293 g/mol. The third kappa shape index (κ3) is 2.47. The highest BCUT2D eigenvalue weighted by Crippen LogP contribution is 2.41. The lowest BCUT2D eigenvalue weighted by Crippen LogP contribution is -2.57. The van der Waals surface area contributed by atoms with Crippen LogP contribution in [-0.2, 0) is 20.9 Å². The summed E-state index contributed by atoms with van der Waals surface area (Å²) in [5, 5.41) is 9.46. The summed E-state index contributed by atoms with van der Waals surface area (Å²) in [5.41, 5.74) is 0.252. The summed E-state index contributed by atoms with van der Waals surface area (Å²) in [7, 11) is 0. The second-order valence-corrected chi connectivity index (χ2v) is 5.18. The zero-order valence-corrected chi connectivity index (χ0v) is 11.9. The molecule has 1 aliphatic heterocycles. The molecule has 0 aromatic heterocycles. The van der Waals surface area contributed by atoms with E-state index in [0.29, 0.717) is 6.61 Å². The van der Waals surface area contributed by atoms with Crippen molar-refractivity contribution in [3.05, 3.63) is 71.8 Å². The van der Waals surface area contributed by atoms with Crippen LogP contribution >= 0.6 is 0 Å². The molecule has 4 heteroatoms. The van der Waals surface area contributed by atoms with E-state index in [4.69, 9.17) is 9.47 Å². The topological polar surface area (TPSA) is 59.3 Å². The lowest BCUT2D eigenvalue weighted by Gasteiger charge is -2.41. The summed E-state index contributed by atoms with van der Waals surface area (Å²) in [6, 6.07) is 20.8. The van der Waals surface area contributed by atoms with Crippen LogP contribution in [0.1, 0.15) is 17.0 Å². The summed E-state index contributed by atoms with van der Waals surface area (Å²) >= 11 is 0. The third-order valence-electron chi connectivity index (χ3n) is 3.85. The average Bonchev–Trinajstić information content (AvgIpc) is 2.55. The standard InChI is InChI=1S/C18H15NO3/c19-13-18(16(12-22-18)15-9-5-2-6-10-15)17(20)21-11-14-7-3-1-4-8-14/h1-10,16H,11-12H2/t16?,18-/m1/s1. The first kappa shape index (κ1) is 14.3. The van der Waals surface area contributed by atoms with Gasteiger partial charge in [0, 0.05) is 0 Å². The van der Waals surface area contributed by atoms with Crippen LogP contribution in [0.3, 0.4) is 0 Å². The Morgan fingerprint density at radius 3 is 2.36 bits per heavy atom. The van der Waals surface area contributed by atoms with Gasteiger partial charge in [0.25, 0.3) is 5.60 Å². The molecule has 0 saturated carbocycles. The summed E-state index contributed by atoms with van der Waals surface area (Å²) in [5.74, 6) is -0.916. The predicted molar refractivity (Wildman–Crippen MR) is 79.7 cm³/mol. The van der Waals surface area contributed by atoms with Gasteiger partial charge in [0.1, 0.15) is 12.7 Å². The van der Waals surface area contributed by atoms with E-state index < -0.39 is 11.6 Å². The first-order valence-electron chi connectivity index (χ1n) is 7.07.